The van der Waals surface area contributed by atoms with Crippen molar-refractivity contribution >= 4 is 27.8 Å². The summed E-state index contributed by atoms with van der Waals surface area (Å²) in [6.45, 7) is 6.52. The lowest BCUT2D eigenvalue weighted by Crippen LogP contribution is -2.37. The molecule has 1 rings (SSSR count). The van der Waals surface area contributed by atoms with Gasteiger partial charge in [-0.1, -0.05) is 28.9 Å². The van der Waals surface area contributed by atoms with Crippen molar-refractivity contribution in [2.45, 2.75) is 27.2 Å². The number of ether oxygens (including phenoxy) is 1. The molecule has 0 N–H and O–H groups in total. The molecule has 20 heavy (non-hydrogen) atoms. The van der Waals surface area contributed by atoms with Crippen LogP contribution >= 0.6 is 15.9 Å². The lowest BCUT2D eigenvalue weighted by molar-refractivity contribution is -0.143. The third kappa shape index (κ3) is 4.63. The maximum atomic E-state index is 12.4. The first-order chi connectivity index (χ1) is 9.49. The zero-order chi connectivity index (χ0) is 15.1. The van der Waals surface area contributed by atoms with Gasteiger partial charge in [0.05, 0.1) is 6.61 Å². The molecular weight excluding hydrogens is 322 g/mol. The van der Waals surface area contributed by atoms with Crippen LogP contribution in [0.2, 0.25) is 0 Å². The van der Waals surface area contributed by atoms with Gasteiger partial charge in [-0.3, -0.25) is 9.59 Å². The summed E-state index contributed by atoms with van der Waals surface area (Å²) in [6, 6.07) is 5.44. The molecule has 0 saturated heterocycles. The number of hydrogen-bond donors (Lipinski definition) is 0. The van der Waals surface area contributed by atoms with E-state index < -0.39 is 0 Å². The van der Waals surface area contributed by atoms with Crippen LogP contribution in [0.4, 0.5) is 0 Å². The minimum atomic E-state index is -0.375. The molecule has 1 aromatic carbocycles. The molecule has 0 saturated carbocycles. The third-order valence-electron chi connectivity index (χ3n) is 2.82. The molecule has 0 aliphatic rings. The number of halogens is 1. The Labute approximate surface area is 128 Å². The molecule has 0 radical (unpaired) electrons. The highest BCUT2D eigenvalue weighted by Gasteiger charge is 2.19. The van der Waals surface area contributed by atoms with E-state index in [0.717, 1.165) is 16.5 Å². The second-order valence-corrected chi connectivity index (χ2v) is 5.35. The van der Waals surface area contributed by atoms with Gasteiger partial charge in [-0.05, 0) is 38.0 Å². The summed E-state index contributed by atoms with van der Waals surface area (Å²) in [5, 5.41) is 0. The monoisotopic (exact) mass is 341 g/mol. The predicted molar refractivity (Wildman–Crippen MR) is 81.7 cm³/mol. The highest BCUT2D eigenvalue weighted by Crippen LogP contribution is 2.18. The Morgan fingerprint density at radius 1 is 1.30 bits per heavy atom. The Morgan fingerprint density at radius 3 is 2.55 bits per heavy atom. The lowest BCUT2D eigenvalue weighted by atomic mass is 10.1. The molecular formula is C15H20BrNO3. The quantitative estimate of drug-likeness (QED) is 0.746. The van der Waals surface area contributed by atoms with E-state index in [1.807, 2.05) is 19.9 Å². The smallest absolute Gasteiger partial charge is 0.325 e. The molecule has 0 atom stereocenters. The van der Waals surface area contributed by atoms with Crippen molar-refractivity contribution in [3.8, 4) is 0 Å². The topological polar surface area (TPSA) is 46.6 Å². The fourth-order valence-corrected chi connectivity index (χ4v) is 2.17. The highest BCUT2D eigenvalue weighted by atomic mass is 79.9. The Balaban J connectivity index is 2.87. The number of rotatable bonds is 6. The maximum Gasteiger partial charge on any atom is 0.325 e. The molecule has 0 aromatic heterocycles. The van der Waals surface area contributed by atoms with Gasteiger partial charge in [-0.25, -0.2) is 0 Å². The molecule has 0 spiro atoms. The molecule has 110 valence electrons. The Kier molecular flexibility index (Phi) is 6.71. The van der Waals surface area contributed by atoms with E-state index in [-0.39, 0.29) is 18.4 Å². The van der Waals surface area contributed by atoms with Crippen molar-refractivity contribution in [2.24, 2.45) is 0 Å². The largest absolute Gasteiger partial charge is 0.465 e. The maximum absolute atomic E-state index is 12.4. The standard InChI is InChI=1S/C15H20BrNO3/c1-4-8-17(10-14(18)20-5-2)15(19)12-7-6-11(3)13(16)9-12/h6-7,9H,4-5,8,10H2,1-3H3. The summed E-state index contributed by atoms with van der Waals surface area (Å²) in [6.07, 6.45) is 0.790. The van der Waals surface area contributed by atoms with Gasteiger partial charge < -0.3 is 9.64 Å². The molecule has 1 aromatic rings. The molecule has 0 fully saturated rings. The Morgan fingerprint density at radius 2 is 2.00 bits per heavy atom. The minimum Gasteiger partial charge on any atom is -0.465 e. The normalized spacial score (nSPS) is 10.2. The van der Waals surface area contributed by atoms with Crippen molar-refractivity contribution < 1.29 is 14.3 Å². The molecule has 0 aliphatic carbocycles. The van der Waals surface area contributed by atoms with Crippen molar-refractivity contribution in [3.05, 3.63) is 33.8 Å². The number of hydrogen-bond acceptors (Lipinski definition) is 3. The Hall–Kier alpha value is -1.36. The van der Waals surface area contributed by atoms with E-state index in [1.165, 1.54) is 4.90 Å². The van der Waals surface area contributed by atoms with Crippen LogP contribution in [0.15, 0.2) is 22.7 Å². The van der Waals surface area contributed by atoms with Crippen molar-refractivity contribution in [1.82, 2.24) is 4.90 Å². The molecule has 0 heterocycles. The lowest BCUT2D eigenvalue weighted by Gasteiger charge is -2.21. The van der Waals surface area contributed by atoms with E-state index >= 15 is 0 Å². The van der Waals surface area contributed by atoms with E-state index in [2.05, 4.69) is 15.9 Å². The predicted octanol–water partition coefficient (Wildman–Crippen LogP) is 3.17. The minimum absolute atomic E-state index is 0.00793. The summed E-state index contributed by atoms with van der Waals surface area (Å²) >= 11 is 3.42. The van der Waals surface area contributed by atoms with Gasteiger partial charge in [-0.2, -0.15) is 0 Å². The van der Waals surface area contributed by atoms with Crippen LogP contribution in [0.1, 0.15) is 36.2 Å². The van der Waals surface area contributed by atoms with Gasteiger partial charge in [0.1, 0.15) is 6.54 Å². The number of nitrogens with zero attached hydrogens (tertiary/aromatic N) is 1. The fourth-order valence-electron chi connectivity index (χ4n) is 1.79. The number of carbonyl (C=O) groups is 2. The molecule has 5 heteroatoms. The summed E-state index contributed by atoms with van der Waals surface area (Å²) in [5.41, 5.74) is 1.63. The Bertz CT molecular complexity index is 488. The van der Waals surface area contributed by atoms with Gasteiger partial charge in [0.15, 0.2) is 0 Å². The number of amides is 1. The first-order valence-corrected chi connectivity index (χ1v) is 7.49. The van der Waals surface area contributed by atoms with Gasteiger partial charge >= 0.3 is 5.97 Å². The number of aryl methyl sites for hydroxylation is 1. The van der Waals surface area contributed by atoms with Crippen LogP contribution in [0.25, 0.3) is 0 Å². The van der Waals surface area contributed by atoms with Gasteiger partial charge in [0.25, 0.3) is 5.91 Å². The van der Waals surface area contributed by atoms with Crippen molar-refractivity contribution in [3.63, 3.8) is 0 Å². The SMILES string of the molecule is CCCN(CC(=O)OCC)C(=O)c1ccc(C)c(Br)c1. The van der Waals surface area contributed by atoms with Crippen LogP contribution < -0.4 is 0 Å². The molecule has 4 nitrogen and oxygen atoms in total. The van der Waals surface area contributed by atoms with Crippen molar-refractivity contribution in [2.75, 3.05) is 19.7 Å². The van der Waals surface area contributed by atoms with Crippen LogP contribution in [-0.2, 0) is 9.53 Å². The zero-order valence-electron chi connectivity index (χ0n) is 12.1. The second-order valence-electron chi connectivity index (χ2n) is 4.50. The first kappa shape index (κ1) is 16.7. The van der Waals surface area contributed by atoms with Crippen LogP contribution in [0.3, 0.4) is 0 Å². The van der Waals surface area contributed by atoms with E-state index in [9.17, 15) is 9.59 Å². The van der Waals surface area contributed by atoms with Gasteiger partial charge in [-0.15, -0.1) is 0 Å². The number of benzene rings is 1. The van der Waals surface area contributed by atoms with Crippen LogP contribution in [-0.4, -0.2) is 36.5 Å². The van der Waals surface area contributed by atoms with E-state index in [1.54, 1.807) is 19.1 Å². The summed E-state index contributed by atoms with van der Waals surface area (Å²) < 4.78 is 5.79. The molecule has 1 amide bonds. The van der Waals surface area contributed by atoms with Crippen LogP contribution in [0.5, 0.6) is 0 Å². The van der Waals surface area contributed by atoms with E-state index in [4.69, 9.17) is 4.74 Å². The summed E-state index contributed by atoms with van der Waals surface area (Å²) in [4.78, 5) is 25.5. The summed E-state index contributed by atoms with van der Waals surface area (Å²) in [5.74, 6) is -0.527. The summed E-state index contributed by atoms with van der Waals surface area (Å²) in [7, 11) is 0. The molecule has 0 aliphatic heterocycles. The fraction of sp³-hybridized carbons (Fsp3) is 0.467. The number of esters is 1. The first-order valence-electron chi connectivity index (χ1n) is 6.70. The zero-order valence-corrected chi connectivity index (χ0v) is 13.7. The highest BCUT2D eigenvalue weighted by molar-refractivity contribution is 9.10. The van der Waals surface area contributed by atoms with Gasteiger partial charge in [0, 0.05) is 16.6 Å². The van der Waals surface area contributed by atoms with Crippen LogP contribution in [0, 0.1) is 6.92 Å². The molecule has 0 unspecified atom stereocenters. The third-order valence-corrected chi connectivity index (χ3v) is 3.68. The molecule has 0 bridgehead atoms. The number of carbonyl (C=O) groups excluding carboxylic acids is 2. The average molecular weight is 342 g/mol. The van der Waals surface area contributed by atoms with E-state index in [0.29, 0.717) is 18.7 Å². The average Bonchev–Trinajstić information content (AvgIpc) is 2.41. The van der Waals surface area contributed by atoms with Crippen molar-refractivity contribution in [1.29, 1.82) is 0 Å². The second kappa shape index (κ2) is 8.04. The van der Waals surface area contributed by atoms with Gasteiger partial charge in [0.2, 0.25) is 0 Å².